The third-order valence-corrected chi connectivity index (χ3v) is 2.77. The fourth-order valence-electron chi connectivity index (χ4n) is 1.61. The molecule has 15 heavy (non-hydrogen) atoms. The third-order valence-electron chi connectivity index (χ3n) is 2.77. The smallest absolute Gasteiger partial charge is 0.120 e. The zero-order chi connectivity index (χ0) is 11.4. The number of hydrogen-bond acceptors (Lipinski definition) is 2. The number of nitrogens with zero attached hydrogens (tertiary/aromatic N) is 1. The van der Waals surface area contributed by atoms with E-state index < -0.39 is 0 Å². The highest BCUT2D eigenvalue weighted by molar-refractivity contribution is 5.37. The lowest BCUT2D eigenvalue weighted by Crippen LogP contribution is -2.11. The Morgan fingerprint density at radius 2 is 2.00 bits per heavy atom. The first kappa shape index (κ1) is 12.1. The highest BCUT2D eigenvalue weighted by Crippen LogP contribution is 2.25. The minimum absolute atomic E-state index is 0.399. The van der Waals surface area contributed by atoms with Crippen LogP contribution in [0.25, 0.3) is 0 Å². The van der Waals surface area contributed by atoms with Gasteiger partial charge in [0.05, 0.1) is 0 Å². The highest BCUT2D eigenvalue weighted by Gasteiger charge is 2.07. The first-order valence-electron chi connectivity index (χ1n) is 5.51. The molecule has 0 spiro atoms. The number of hydrogen-bond donors (Lipinski definition) is 1. The van der Waals surface area contributed by atoms with Crippen LogP contribution >= 0.6 is 0 Å². The van der Waals surface area contributed by atoms with E-state index >= 15 is 0 Å². The standard InChI is InChI=1S/C13H21NO/c1-5-10(2)11-6-7-13(15)12(8-11)9-14(3)4/h6-8,10,15H,5,9H2,1-4H3/t10-/m0/s1. The van der Waals surface area contributed by atoms with Gasteiger partial charge in [0.1, 0.15) is 5.75 Å². The Hall–Kier alpha value is -1.02. The van der Waals surface area contributed by atoms with Gasteiger partial charge in [-0.3, -0.25) is 0 Å². The number of phenolic OH excluding ortho intramolecular Hbond substituents is 1. The van der Waals surface area contributed by atoms with Crippen molar-refractivity contribution in [3.63, 3.8) is 0 Å². The molecule has 0 radical (unpaired) electrons. The first-order chi connectivity index (χ1) is 7.04. The molecule has 0 bridgehead atoms. The van der Waals surface area contributed by atoms with E-state index in [-0.39, 0.29) is 0 Å². The van der Waals surface area contributed by atoms with Crippen molar-refractivity contribution in [3.05, 3.63) is 29.3 Å². The summed E-state index contributed by atoms with van der Waals surface area (Å²) in [5.41, 5.74) is 2.32. The summed E-state index contributed by atoms with van der Waals surface area (Å²) in [6.07, 6.45) is 1.13. The minimum Gasteiger partial charge on any atom is -0.508 e. The molecule has 0 amide bonds. The molecule has 2 nitrogen and oxygen atoms in total. The second-order valence-corrected chi connectivity index (χ2v) is 4.44. The van der Waals surface area contributed by atoms with Gasteiger partial charge in [-0.05, 0) is 38.1 Å². The Labute approximate surface area is 92.5 Å². The maximum Gasteiger partial charge on any atom is 0.120 e. The van der Waals surface area contributed by atoms with Gasteiger partial charge in [0.2, 0.25) is 0 Å². The Morgan fingerprint density at radius 3 is 2.53 bits per heavy atom. The van der Waals surface area contributed by atoms with Gasteiger partial charge < -0.3 is 10.0 Å². The van der Waals surface area contributed by atoms with E-state index in [2.05, 4.69) is 24.8 Å². The van der Waals surface area contributed by atoms with Crippen LogP contribution in [0, 0.1) is 0 Å². The normalized spacial score (nSPS) is 13.1. The fourth-order valence-corrected chi connectivity index (χ4v) is 1.61. The number of benzene rings is 1. The van der Waals surface area contributed by atoms with E-state index in [4.69, 9.17) is 0 Å². The molecule has 1 aromatic carbocycles. The third kappa shape index (κ3) is 3.24. The molecule has 0 unspecified atom stereocenters. The van der Waals surface area contributed by atoms with Crippen molar-refractivity contribution in [1.82, 2.24) is 4.90 Å². The maximum atomic E-state index is 9.71. The summed E-state index contributed by atoms with van der Waals surface area (Å²) >= 11 is 0. The summed E-state index contributed by atoms with van der Waals surface area (Å²) in [7, 11) is 4.02. The zero-order valence-electron chi connectivity index (χ0n) is 10.1. The average Bonchev–Trinajstić information content (AvgIpc) is 2.19. The van der Waals surface area contributed by atoms with Crippen LogP contribution in [0.2, 0.25) is 0 Å². The molecule has 1 aromatic rings. The van der Waals surface area contributed by atoms with E-state index in [0.29, 0.717) is 11.7 Å². The van der Waals surface area contributed by atoms with Crippen molar-refractivity contribution < 1.29 is 5.11 Å². The molecule has 0 saturated heterocycles. The SMILES string of the molecule is CC[C@H](C)c1ccc(O)c(CN(C)C)c1. The van der Waals surface area contributed by atoms with Crippen molar-refractivity contribution in [1.29, 1.82) is 0 Å². The first-order valence-corrected chi connectivity index (χ1v) is 5.51. The topological polar surface area (TPSA) is 23.5 Å². The zero-order valence-corrected chi connectivity index (χ0v) is 10.1. The predicted octanol–water partition coefficient (Wildman–Crippen LogP) is 2.97. The van der Waals surface area contributed by atoms with Crippen molar-refractivity contribution in [2.45, 2.75) is 32.7 Å². The molecular weight excluding hydrogens is 186 g/mol. The minimum atomic E-state index is 0.399. The van der Waals surface area contributed by atoms with E-state index in [1.807, 2.05) is 20.2 Å². The van der Waals surface area contributed by atoms with Gasteiger partial charge in [-0.15, -0.1) is 0 Å². The lowest BCUT2D eigenvalue weighted by atomic mass is 9.96. The Bertz CT molecular complexity index is 320. The van der Waals surface area contributed by atoms with Crippen LogP contribution < -0.4 is 0 Å². The Balaban J connectivity index is 2.94. The molecule has 1 rings (SSSR count). The summed E-state index contributed by atoms with van der Waals surface area (Å²) in [4.78, 5) is 2.06. The molecular formula is C13H21NO. The lowest BCUT2D eigenvalue weighted by molar-refractivity contribution is 0.385. The molecule has 0 aliphatic rings. The van der Waals surface area contributed by atoms with Gasteiger partial charge in [-0.2, -0.15) is 0 Å². The summed E-state index contributed by atoms with van der Waals surface area (Å²) in [5.74, 6) is 0.960. The highest BCUT2D eigenvalue weighted by atomic mass is 16.3. The van der Waals surface area contributed by atoms with Crippen LogP contribution in [-0.4, -0.2) is 24.1 Å². The van der Waals surface area contributed by atoms with Crippen LogP contribution in [0.5, 0.6) is 5.75 Å². The molecule has 2 heteroatoms. The van der Waals surface area contributed by atoms with Gasteiger partial charge in [-0.25, -0.2) is 0 Å². The van der Waals surface area contributed by atoms with E-state index in [9.17, 15) is 5.11 Å². The van der Waals surface area contributed by atoms with Crippen molar-refractivity contribution in [2.24, 2.45) is 0 Å². The summed E-state index contributed by atoms with van der Waals surface area (Å²) in [5, 5.41) is 9.71. The number of aromatic hydroxyl groups is 1. The van der Waals surface area contributed by atoms with Gasteiger partial charge in [0, 0.05) is 12.1 Å². The molecule has 84 valence electrons. The second-order valence-electron chi connectivity index (χ2n) is 4.44. The van der Waals surface area contributed by atoms with Crippen molar-refractivity contribution in [3.8, 4) is 5.75 Å². The average molecular weight is 207 g/mol. The monoisotopic (exact) mass is 207 g/mol. The van der Waals surface area contributed by atoms with Gasteiger partial charge in [-0.1, -0.05) is 26.0 Å². The van der Waals surface area contributed by atoms with Crippen molar-refractivity contribution >= 4 is 0 Å². The van der Waals surface area contributed by atoms with Crippen molar-refractivity contribution in [2.75, 3.05) is 14.1 Å². The van der Waals surface area contributed by atoms with E-state index in [0.717, 1.165) is 18.5 Å². The summed E-state index contributed by atoms with van der Waals surface area (Å²) in [6.45, 7) is 5.19. The molecule has 1 atom stereocenters. The van der Waals surface area contributed by atoms with Crippen LogP contribution in [0.3, 0.4) is 0 Å². The largest absolute Gasteiger partial charge is 0.508 e. The van der Waals surface area contributed by atoms with Gasteiger partial charge >= 0.3 is 0 Å². The van der Waals surface area contributed by atoms with Gasteiger partial charge in [0.25, 0.3) is 0 Å². The molecule has 0 saturated carbocycles. The molecule has 0 aliphatic heterocycles. The predicted molar refractivity (Wildman–Crippen MR) is 64.2 cm³/mol. The maximum absolute atomic E-state index is 9.71. The fraction of sp³-hybridized carbons (Fsp3) is 0.538. The molecule has 0 aliphatic carbocycles. The lowest BCUT2D eigenvalue weighted by Gasteiger charge is -2.15. The number of phenols is 1. The number of rotatable bonds is 4. The Kier molecular flexibility index (Phi) is 4.15. The van der Waals surface area contributed by atoms with Crippen LogP contribution in [0.4, 0.5) is 0 Å². The summed E-state index contributed by atoms with van der Waals surface area (Å²) in [6, 6.07) is 5.94. The molecule has 0 fully saturated rings. The van der Waals surface area contributed by atoms with Gasteiger partial charge in [0.15, 0.2) is 0 Å². The van der Waals surface area contributed by atoms with E-state index in [1.165, 1.54) is 5.56 Å². The molecule has 0 heterocycles. The Morgan fingerprint density at radius 1 is 1.33 bits per heavy atom. The van der Waals surface area contributed by atoms with Crippen LogP contribution in [0.15, 0.2) is 18.2 Å². The molecule has 1 N–H and O–H groups in total. The summed E-state index contributed by atoms with van der Waals surface area (Å²) < 4.78 is 0. The van der Waals surface area contributed by atoms with Crippen LogP contribution in [-0.2, 0) is 6.54 Å². The molecule has 0 aromatic heterocycles. The second kappa shape index (κ2) is 5.17. The van der Waals surface area contributed by atoms with Crippen LogP contribution in [0.1, 0.15) is 37.3 Å². The quantitative estimate of drug-likeness (QED) is 0.820. The van der Waals surface area contributed by atoms with E-state index in [1.54, 1.807) is 6.07 Å².